The molecule has 0 saturated carbocycles. The van der Waals surface area contributed by atoms with Gasteiger partial charge in [0.15, 0.2) is 0 Å². The summed E-state index contributed by atoms with van der Waals surface area (Å²) in [4.78, 5) is 4.22. The van der Waals surface area contributed by atoms with E-state index in [0.717, 1.165) is 10.5 Å². The number of aryl methyl sites for hydroxylation is 1. The Balaban J connectivity index is 0.000000461. The normalized spacial score (nSPS) is 9.43. The molecule has 0 aliphatic carbocycles. The molecule has 0 aliphatic rings. The van der Waals surface area contributed by atoms with Gasteiger partial charge in [0.2, 0.25) is 0 Å². The summed E-state index contributed by atoms with van der Waals surface area (Å²) in [5.74, 6) is 0. The Bertz CT molecular complexity index is 424. The van der Waals surface area contributed by atoms with Crippen LogP contribution in [0.5, 0.6) is 0 Å². The van der Waals surface area contributed by atoms with Gasteiger partial charge in [-0.3, -0.25) is 4.98 Å². The molecule has 0 amide bonds. The number of hydrogen-bond donors (Lipinski definition) is 0. The lowest BCUT2D eigenvalue weighted by molar-refractivity contribution is 1.37. The van der Waals surface area contributed by atoms with Crippen molar-refractivity contribution in [1.29, 1.82) is 0 Å². The lowest BCUT2D eigenvalue weighted by atomic mass is 10.1. The van der Waals surface area contributed by atoms with Crippen molar-refractivity contribution in [2.75, 3.05) is 0 Å². The topological polar surface area (TPSA) is 12.9 Å². The van der Waals surface area contributed by atoms with Gasteiger partial charge < -0.3 is 0 Å². The van der Waals surface area contributed by atoms with Gasteiger partial charge in [0.05, 0.1) is 5.52 Å². The van der Waals surface area contributed by atoms with Crippen LogP contribution >= 0.6 is 11.6 Å². The highest BCUT2D eigenvalue weighted by Crippen LogP contribution is 2.19. The standard InChI is InChI=1S/C10H8ClN.C2H6/c1-7-4-5-12-10-6-8(11)2-3-9(7)10;1-2/h2-6H,1H3;1-2H3. The van der Waals surface area contributed by atoms with Crippen LogP contribution in [-0.2, 0) is 0 Å². The highest BCUT2D eigenvalue weighted by Gasteiger charge is 1.97. The fourth-order valence-corrected chi connectivity index (χ4v) is 1.43. The lowest BCUT2D eigenvalue weighted by Crippen LogP contribution is -1.81. The monoisotopic (exact) mass is 207 g/mol. The van der Waals surface area contributed by atoms with Gasteiger partial charge >= 0.3 is 0 Å². The van der Waals surface area contributed by atoms with E-state index in [-0.39, 0.29) is 0 Å². The van der Waals surface area contributed by atoms with Crippen LogP contribution in [0.2, 0.25) is 5.02 Å². The fourth-order valence-electron chi connectivity index (χ4n) is 1.26. The van der Waals surface area contributed by atoms with E-state index in [1.165, 1.54) is 10.9 Å². The van der Waals surface area contributed by atoms with Crippen LogP contribution < -0.4 is 0 Å². The SMILES string of the molecule is CC.Cc1ccnc2cc(Cl)ccc12. The van der Waals surface area contributed by atoms with E-state index < -0.39 is 0 Å². The van der Waals surface area contributed by atoms with Gasteiger partial charge in [-0.15, -0.1) is 0 Å². The zero-order valence-corrected chi connectivity index (χ0v) is 9.47. The predicted molar refractivity (Wildman–Crippen MR) is 62.8 cm³/mol. The van der Waals surface area contributed by atoms with Gasteiger partial charge in [-0.05, 0) is 30.7 Å². The molecule has 0 fully saturated rings. The third-order valence-corrected chi connectivity index (χ3v) is 2.16. The van der Waals surface area contributed by atoms with E-state index in [0.29, 0.717) is 0 Å². The van der Waals surface area contributed by atoms with Crippen LogP contribution in [0.25, 0.3) is 10.9 Å². The van der Waals surface area contributed by atoms with Crippen LogP contribution in [-0.4, -0.2) is 4.98 Å². The highest BCUT2D eigenvalue weighted by atomic mass is 35.5. The van der Waals surface area contributed by atoms with E-state index in [1.54, 1.807) is 6.20 Å². The van der Waals surface area contributed by atoms with E-state index in [9.17, 15) is 0 Å². The molecule has 2 rings (SSSR count). The summed E-state index contributed by atoms with van der Waals surface area (Å²) in [5, 5.41) is 1.91. The predicted octanol–water partition coefficient (Wildman–Crippen LogP) is 4.22. The van der Waals surface area contributed by atoms with Crippen molar-refractivity contribution < 1.29 is 0 Å². The first-order valence-corrected chi connectivity index (χ1v) is 5.16. The van der Waals surface area contributed by atoms with Crippen molar-refractivity contribution >= 4 is 22.5 Å². The lowest BCUT2D eigenvalue weighted by Gasteiger charge is -1.99. The molecule has 0 spiro atoms. The number of aromatic nitrogens is 1. The highest BCUT2D eigenvalue weighted by molar-refractivity contribution is 6.31. The average Bonchev–Trinajstić information content (AvgIpc) is 2.21. The van der Waals surface area contributed by atoms with Crippen molar-refractivity contribution in [3.8, 4) is 0 Å². The Morgan fingerprint density at radius 2 is 1.86 bits per heavy atom. The molecule has 1 aromatic heterocycles. The Morgan fingerprint density at radius 3 is 2.57 bits per heavy atom. The van der Waals surface area contributed by atoms with Gasteiger partial charge in [0, 0.05) is 16.6 Å². The molecule has 0 aliphatic heterocycles. The third-order valence-electron chi connectivity index (χ3n) is 1.92. The van der Waals surface area contributed by atoms with Gasteiger partial charge in [0.25, 0.3) is 0 Å². The molecule has 0 atom stereocenters. The van der Waals surface area contributed by atoms with Crippen LogP contribution in [0.4, 0.5) is 0 Å². The second-order valence-electron chi connectivity index (χ2n) is 2.79. The van der Waals surface area contributed by atoms with Crippen LogP contribution in [0.1, 0.15) is 19.4 Å². The zero-order valence-electron chi connectivity index (χ0n) is 8.71. The second kappa shape index (κ2) is 4.97. The first kappa shape index (κ1) is 11.0. The number of nitrogens with zero attached hydrogens (tertiary/aromatic N) is 1. The maximum atomic E-state index is 5.83. The van der Waals surface area contributed by atoms with Crippen LogP contribution in [0, 0.1) is 6.92 Å². The number of pyridine rings is 1. The second-order valence-corrected chi connectivity index (χ2v) is 3.23. The first-order valence-electron chi connectivity index (χ1n) is 4.78. The van der Waals surface area contributed by atoms with Crippen molar-refractivity contribution in [2.24, 2.45) is 0 Å². The van der Waals surface area contributed by atoms with Crippen molar-refractivity contribution in [1.82, 2.24) is 4.98 Å². The number of benzene rings is 1. The smallest absolute Gasteiger partial charge is 0.0719 e. The Morgan fingerprint density at radius 1 is 1.14 bits per heavy atom. The molecule has 0 bridgehead atoms. The molecule has 0 saturated heterocycles. The minimum Gasteiger partial charge on any atom is -0.256 e. The summed E-state index contributed by atoms with van der Waals surface area (Å²) in [7, 11) is 0. The van der Waals surface area contributed by atoms with Crippen LogP contribution in [0.15, 0.2) is 30.5 Å². The molecule has 2 aromatic rings. The summed E-state index contributed by atoms with van der Waals surface area (Å²) in [5.41, 5.74) is 2.19. The van der Waals surface area contributed by atoms with E-state index >= 15 is 0 Å². The molecular weight excluding hydrogens is 194 g/mol. The molecule has 14 heavy (non-hydrogen) atoms. The summed E-state index contributed by atoms with van der Waals surface area (Å²) in [6, 6.07) is 7.76. The Hall–Kier alpha value is -1.08. The summed E-state index contributed by atoms with van der Waals surface area (Å²) in [6.07, 6.45) is 1.80. The van der Waals surface area contributed by atoms with Crippen molar-refractivity contribution in [2.45, 2.75) is 20.8 Å². The fraction of sp³-hybridized carbons (Fsp3) is 0.250. The summed E-state index contributed by atoms with van der Waals surface area (Å²) in [6.45, 7) is 6.07. The van der Waals surface area contributed by atoms with E-state index in [4.69, 9.17) is 11.6 Å². The maximum absolute atomic E-state index is 5.83. The summed E-state index contributed by atoms with van der Waals surface area (Å²) < 4.78 is 0. The first-order chi connectivity index (χ1) is 6.77. The number of fused-ring (bicyclic) bond motifs is 1. The van der Waals surface area contributed by atoms with E-state index in [2.05, 4.69) is 11.9 Å². The largest absolute Gasteiger partial charge is 0.256 e. The molecule has 1 aromatic carbocycles. The van der Waals surface area contributed by atoms with Gasteiger partial charge in [-0.1, -0.05) is 31.5 Å². The molecule has 0 unspecified atom stereocenters. The average molecular weight is 208 g/mol. The van der Waals surface area contributed by atoms with Crippen LogP contribution in [0.3, 0.4) is 0 Å². The molecular formula is C12H14ClN. The minimum absolute atomic E-state index is 0.737. The molecule has 1 nitrogen and oxygen atoms in total. The number of rotatable bonds is 0. The third kappa shape index (κ3) is 2.24. The Kier molecular flexibility index (Phi) is 3.90. The Labute approximate surface area is 89.7 Å². The molecule has 0 N–H and O–H groups in total. The number of halogens is 1. The molecule has 74 valence electrons. The van der Waals surface area contributed by atoms with Crippen molar-refractivity contribution in [3.63, 3.8) is 0 Å². The molecule has 0 radical (unpaired) electrons. The van der Waals surface area contributed by atoms with Gasteiger partial charge in [-0.2, -0.15) is 0 Å². The quantitative estimate of drug-likeness (QED) is 0.630. The van der Waals surface area contributed by atoms with Crippen molar-refractivity contribution in [3.05, 3.63) is 41.0 Å². The number of hydrogen-bond acceptors (Lipinski definition) is 1. The molecule has 1 heterocycles. The summed E-state index contributed by atoms with van der Waals surface area (Å²) >= 11 is 5.83. The maximum Gasteiger partial charge on any atom is 0.0719 e. The van der Waals surface area contributed by atoms with E-state index in [1.807, 2.05) is 38.1 Å². The molecule has 2 heteroatoms. The van der Waals surface area contributed by atoms with Gasteiger partial charge in [-0.25, -0.2) is 0 Å². The zero-order chi connectivity index (χ0) is 10.6. The minimum atomic E-state index is 0.737. The van der Waals surface area contributed by atoms with Gasteiger partial charge in [0.1, 0.15) is 0 Å².